The zero-order valence-corrected chi connectivity index (χ0v) is 13.9. The summed E-state index contributed by atoms with van der Waals surface area (Å²) in [6, 6.07) is 5.15. The summed E-state index contributed by atoms with van der Waals surface area (Å²) >= 11 is 13.2. The number of halogens is 3. The van der Waals surface area contributed by atoms with Gasteiger partial charge in [-0.25, -0.2) is 0 Å². The summed E-state index contributed by atoms with van der Waals surface area (Å²) < 4.78 is 2.05. The van der Waals surface area contributed by atoms with Crippen molar-refractivity contribution in [1.82, 2.24) is 4.90 Å². The molecule has 18 heavy (non-hydrogen) atoms. The van der Waals surface area contributed by atoms with Gasteiger partial charge in [0.1, 0.15) is 0 Å². The highest BCUT2D eigenvalue weighted by molar-refractivity contribution is 9.11. The van der Waals surface area contributed by atoms with Gasteiger partial charge in [-0.3, -0.25) is 4.90 Å². The summed E-state index contributed by atoms with van der Waals surface area (Å²) in [7, 11) is 0. The molecule has 1 aromatic carbocycles. The van der Waals surface area contributed by atoms with Crippen molar-refractivity contribution in [2.24, 2.45) is 0 Å². The van der Waals surface area contributed by atoms with Crippen LogP contribution in [0.15, 0.2) is 21.1 Å². The molecule has 2 aliphatic heterocycles. The van der Waals surface area contributed by atoms with Crippen molar-refractivity contribution < 1.29 is 0 Å². The Hall–Kier alpha value is 0.230. The van der Waals surface area contributed by atoms with Gasteiger partial charge < -0.3 is 5.32 Å². The van der Waals surface area contributed by atoms with Crippen LogP contribution in [0.25, 0.3) is 0 Å². The fourth-order valence-corrected chi connectivity index (χ4v) is 5.01. The lowest BCUT2D eigenvalue weighted by Gasteiger charge is -2.23. The predicted molar refractivity (Wildman–Crippen MR) is 83.5 cm³/mol. The Morgan fingerprint density at radius 2 is 1.89 bits per heavy atom. The van der Waals surface area contributed by atoms with E-state index < -0.39 is 0 Å². The van der Waals surface area contributed by atoms with Crippen LogP contribution in [0.3, 0.4) is 0 Å². The molecule has 5 heteroatoms. The number of hydrogen-bond donors (Lipinski definition) is 1. The largest absolute Gasteiger partial charge is 0.379 e. The molecular formula is C13H15Br2ClN2. The average molecular weight is 395 g/mol. The molecule has 1 aromatic rings. The van der Waals surface area contributed by atoms with E-state index in [-0.39, 0.29) is 0 Å². The average Bonchev–Trinajstić information content (AvgIpc) is 2.86. The summed E-state index contributed by atoms with van der Waals surface area (Å²) in [4.78, 5) is 2.61. The molecule has 0 amide bonds. The minimum absolute atomic E-state index is 0.557. The Morgan fingerprint density at radius 1 is 1.17 bits per heavy atom. The number of nitrogens with one attached hydrogen (secondary N) is 1. The normalized spacial score (nSPS) is 27.5. The zero-order chi connectivity index (χ0) is 12.7. The van der Waals surface area contributed by atoms with Crippen LogP contribution in [0.1, 0.15) is 19.3 Å². The van der Waals surface area contributed by atoms with Gasteiger partial charge in [-0.1, -0.05) is 11.6 Å². The van der Waals surface area contributed by atoms with E-state index in [1.165, 1.54) is 32.4 Å². The number of anilines is 1. The lowest BCUT2D eigenvalue weighted by atomic mass is 10.1. The van der Waals surface area contributed by atoms with E-state index in [0.717, 1.165) is 19.7 Å². The van der Waals surface area contributed by atoms with Crippen molar-refractivity contribution in [1.29, 1.82) is 0 Å². The van der Waals surface area contributed by atoms with Gasteiger partial charge in [-0.15, -0.1) is 0 Å². The van der Waals surface area contributed by atoms with Gasteiger partial charge in [-0.2, -0.15) is 0 Å². The standard InChI is InChI=1S/C13H15Br2ClN2/c14-9-6-8(16)7-10(15)13(9)17-11-3-5-18-4-1-2-12(11)18/h6-7,11-12,17H,1-5H2. The molecule has 2 aliphatic rings. The summed E-state index contributed by atoms with van der Waals surface area (Å²) in [6.07, 6.45) is 3.89. The molecule has 2 saturated heterocycles. The molecule has 0 bridgehead atoms. The number of rotatable bonds is 2. The van der Waals surface area contributed by atoms with Crippen molar-refractivity contribution in [3.63, 3.8) is 0 Å². The minimum atomic E-state index is 0.557. The molecule has 0 radical (unpaired) electrons. The lowest BCUT2D eigenvalue weighted by molar-refractivity contribution is 0.318. The molecule has 0 aliphatic carbocycles. The van der Waals surface area contributed by atoms with Gasteiger partial charge in [0, 0.05) is 32.6 Å². The van der Waals surface area contributed by atoms with E-state index in [1.54, 1.807) is 0 Å². The molecule has 2 nitrogen and oxygen atoms in total. The molecule has 2 heterocycles. The minimum Gasteiger partial charge on any atom is -0.379 e. The second-order valence-corrected chi connectivity index (χ2v) is 7.17. The highest BCUT2D eigenvalue weighted by Gasteiger charge is 2.37. The Bertz CT molecular complexity index is 443. The first-order valence-electron chi connectivity index (χ1n) is 6.30. The third-order valence-corrected chi connectivity index (χ3v) is 5.41. The van der Waals surface area contributed by atoms with Crippen LogP contribution in [-0.2, 0) is 0 Å². The number of nitrogens with zero attached hydrogens (tertiary/aromatic N) is 1. The Kier molecular flexibility index (Phi) is 3.90. The lowest BCUT2D eigenvalue weighted by Crippen LogP contribution is -2.33. The van der Waals surface area contributed by atoms with Gasteiger partial charge >= 0.3 is 0 Å². The van der Waals surface area contributed by atoms with Crippen LogP contribution < -0.4 is 5.32 Å². The van der Waals surface area contributed by atoms with Crippen LogP contribution >= 0.6 is 43.5 Å². The molecule has 3 rings (SSSR count). The smallest absolute Gasteiger partial charge is 0.0632 e. The molecule has 0 spiro atoms. The van der Waals surface area contributed by atoms with Crippen molar-refractivity contribution in [3.8, 4) is 0 Å². The molecule has 0 saturated carbocycles. The van der Waals surface area contributed by atoms with Gasteiger partial charge in [0.05, 0.1) is 5.69 Å². The van der Waals surface area contributed by atoms with Gasteiger partial charge in [0.2, 0.25) is 0 Å². The Labute approximate surface area is 129 Å². The maximum Gasteiger partial charge on any atom is 0.0632 e. The Morgan fingerprint density at radius 3 is 2.61 bits per heavy atom. The van der Waals surface area contributed by atoms with Crippen LogP contribution in [0, 0.1) is 0 Å². The van der Waals surface area contributed by atoms with Gasteiger partial charge in [-0.05, 0) is 69.8 Å². The first-order chi connectivity index (χ1) is 8.65. The first kappa shape index (κ1) is 13.2. The molecule has 98 valence electrons. The van der Waals surface area contributed by atoms with Gasteiger partial charge in [0.15, 0.2) is 0 Å². The summed E-state index contributed by atoms with van der Waals surface area (Å²) in [5.41, 5.74) is 1.12. The zero-order valence-electron chi connectivity index (χ0n) is 9.93. The monoisotopic (exact) mass is 392 g/mol. The van der Waals surface area contributed by atoms with E-state index in [0.29, 0.717) is 12.1 Å². The van der Waals surface area contributed by atoms with Crippen LogP contribution in [0.2, 0.25) is 5.02 Å². The summed E-state index contributed by atoms with van der Waals surface area (Å²) in [6.45, 7) is 2.50. The van der Waals surface area contributed by atoms with Crippen molar-refractivity contribution in [2.75, 3.05) is 18.4 Å². The van der Waals surface area contributed by atoms with Gasteiger partial charge in [0.25, 0.3) is 0 Å². The van der Waals surface area contributed by atoms with Crippen LogP contribution in [0.5, 0.6) is 0 Å². The van der Waals surface area contributed by atoms with Crippen LogP contribution in [-0.4, -0.2) is 30.1 Å². The first-order valence-corrected chi connectivity index (χ1v) is 8.26. The fraction of sp³-hybridized carbons (Fsp3) is 0.538. The van der Waals surface area contributed by atoms with Crippen LogP contribution in [0.4, 0.5) is 5.69 Å². The van der Waals surface area contributed by atoms with E-state index in [2.05, 4.69) is 42.1 Å². The van der Waals surface area contributed by atoms with Crippen molar-refractivity contribution >= 4 is 49.1 Å². The van der Waals surface area contributed by atoms with Crippen molar-refractivity contribution in [3.05, 3.63) is 26.1 Å². The SMILES string of the molecule is Clc1cc(Br)c(NC2CCN3CCCC23)c(Br)c1. The summed E-state index contributed by atoms with van der Waals surface area (Å²) in [5.74, 6) is 0. The molecule has 2 atom stereocenters. The maximum absolute atomic E-state index is 6.03. The fourth-order valence-electron chi connectivity index (χ4n) is 3.12. The quantitative estimate of drug-likeness (QED) is 0.794. The molecular weight excluding hydrogens is 379 g/mol. The van der Waals surface area contributed by atoms with E-state index in [1.807, 2.05) is 12.1 Å². The second kappa shape index (κ2) is 5.31. The highest BCUT2D eigenvalue weighted by atomic mass is 79.9. The van der Waals surface area contributed by atoms with Crippen molar-refractivity contribution in [2.45, 2.75) is 31.3 Å². The van der Waals surface area contributed by atoms with E-state index in [9.17, 15) is 0 Å². The van der Waals surface area contributed by atoms with E-state index >= 15 is 0 Å². The maximum atomic E-state index is 6.03. The second-order valence-electron chi connectivity index (χ2n) is 5.03. The summed E-state index contributed by atoms with van der Waals surface area (Å²) in [5, 5.41) is 4.43. The van der Waals surface area contributed by atoms with E-state index in [4.69, 9.17) is 11.6 Å². The predicted octanol–water partition coefficient (Wildman–Crippen LogP) is 4.51. The topological polar surface area (TPSA) is 15.3 Å². The highest BCUT2D eigenvalue weighted by Crippen LogP contribution is 2.37. The number of benzene rings is 1. The molecule has 1 N–H and O–H groups in total. The third kappa shape index (κ3) is 2.45. The molecule has 2 fully saturated rings. The number of hydrogen-bond acceptors (Lipinski definition) is 2. The molecule has 2 unspecified atom stereocenters. The third-order valence-electron chi connectivity index (χ3n) is 3.94. The Balaban J connectivity index is 1.81. The number of fused-ring (bicyclic) bond motifs is 1. The molecule has 0 aromatic heterocycles.